The van der Waals surface area contributed by atoms with Gasteiger partial charge in [0.05, 0.1) is 30.2 Å². The van der Waals surface area contributed by atoms with Gasteiger partial charge in [-0.25, -0.2) is 8.42 Å². The fourth-order valence-electron chi connectivity index (χ4n) is 3.70. The third-order valence-electron chi connectivity index (χ3n) is 5.69. The molecular weight excluding hydrogens is 446 g/mol. The summed E-state index contributed by atoms with van der Waals surface area (Å²) in [5, 5.41) is 12.8. The molecule has 180 valence electrons. The van der Waals surface area contributed by atoms with E-state index >= 15 is 0 Å². The topological polar surface area (TPSA) is 117 Å². The van der Waals surface area contributed by atoms with E-state index in [2.05, 4.69) is 10.0 Å². The Kier molecular flexibility index (Phi) is 7.83. The molecule has 1 amide bonds. The summed E-state index contributed by atoms with van der Waals surface area (Å²) in [5.41, 5.74) is 0.468. The highest BCUT2D eigenvalue weighted by atomic mass is 32.2. The number of rotatable bonds is 8. The Hall–Kier alpha value is -2.82. The number of anilines is 1. The normalized spacial score (nSPS) is 19.7. The Morgan fingerprint density at radius 2 is 1.94 bits per heavy atom. The minimum Gasteiger partial charge on any atom is -0.497 e. The van der Waals surface area contributed by atoms with Gasteiger partial charge in [-0.05, 0) is 56.4 Å². The number of aliphatic hydroxyl groups is 1. The van der Waals surface area contributed by atoms with Crippen LogP contribution in [-0.2, 0) is 10.0 Å². The number of hydrogen-bond donors (Lipinski definition) is 3. The van der Waals surface area contributed by atoms with Gasteiger partial charge in [0.15, 0.2) is 0 Å². The van der Waals surface area contributed by atoms with E-state index < -0.39 is 16.1 Å². The number of sulfonamides is 1. The molecule has 0 aliphatic carbocycles. The van der Waals surface area contributed by atoms with Crippen molar-refractivity contribution in [1.82, 2.24) is 10.2 Å². The highest BCUT2D eigenvalue weighted by Gasteiger charge is 2.33. The number of ether oxygens (including phenoxy) is 2. The SMILES string of the molecule is CNC[C@H]1Oc2ccc(NS(=O)(=O)c3ccc(OC)cc3)cc2C(=O)N([C@@H](C)CO)C[C@H]1C. The number of methoxy groups -OCH3 is 1. The Labute approximate surface area is 194 Å². The molecule has 1 aliphatic rings. The molecule has 0 spiro atoms. The molecule has 1 aliphatic heterocycles. The number of nitrogens with zero attached hydrogens (tertiary/aromatic N) is 1. The fraction of sp³-hybridized carbons (Fsp3) is 0.435. The molecule has 0 saturated carbocycles. The van der Waals surface area contributed by atoms with Crippen LogP contribution in [0.15, 0.2) is 47.4 Å². The summed E-state index contributed by atoms with van der Waals surface area (Å²) < 4.78 is 39.5. The third kappa shape index (κ3) is 5.58. The maximum Gasteiger partial charge on any atom is 0.261 e. The van der Waals surface area contributed by atoms with Crippen LogP contribution >= 0.6 is 0 Å². The zero-order valence-electron chi connectivity index (χ0n) is 19.2. The van der Waals surface area contributed by atoms with Crippen LogP contribution in [0.5, 0.6) is 11.5 Å². The lowest BCUT2D eigenvalue weighted by Gasteiger charge is -2.37. The number of carbonyl (C=O) groups excluding carboxylic acids is 1. The van der Waals surface area contributed by atoms with Crippen LogP contribution in [0, 0.1) is 5.92 Å². The van der Waals surface area contributed by atoms with Gasteiger partial charge in [-0.15, -0.1) is 0 Å². The molecule has 3 rings (SSSR count). The molecule has 0 radical (unpaired) electrons. The Bertz CT molecular complexity index is 1070. The number of carbonyl (C=O) groups is 1. The molecule has 0 saturated heterocycles. The van der Waals surface area contributed by atoms with Crippen LogP contribution in [0.2, 0.25) is 0 Å². The molecule has 0 unspecified atom stereocenters. The quantitative estimate of drug-likeness (QED) is 0.532. The molecule has 9 nitrogen and oxygen atoms in total. The lowest BCUT2D eigenvalue weighted by atomic mass is 9.99. The third-order valence-corrected chi connectivity index (χ3v) is 7.09. The van der Waals surface area contributed by atoms with Crippen molar-refractivity contribution >= 4 is 21.6 Å². The minimum atomic E-state index is -3.88. The van der Waals surface area contributed by atoms with E-state index in [1.165, 1.54) is 25.3 Å². The molecule has 33 heavy (non-hydrogen) atoms. The lowest BCUT2D eigenvalue weighted by Crippen LogP contribution is -2.49. The molecule has 2 aromatic rings. The van der Waals surface area contributed by atoms with Gasteiger partial charge in [0.1, 0.15) is 17.6 Å². The second-order valence-corrected chi connectivity index (χ2v) is 9.85. The maximum atomic E-state index is 13.4. The van der Waals surface area contributed by atoms with Crippen LogP contribution < -0.4 is 19.5 Å². The smallest absolute Gasteiger partial charge is 0.261 e. The van der Waals surface area contributed by atoms with Crippen LogP contribution in [0.3, 0.4) is 0 Å². The van der Waals surface area contributed by atoms with Gasteiger partial charge in [-0.3, -0.25) is 9.52 Å². The van der Waals surface area contributed by atoms with E-state index in [1.54, 1.807) is 36.1 Å². The Morgan fingerprint density at radius 3 is 2.55 bits per heavy atom. The molecule has 0 fully saturated rings. The Morgan fingerprint density at radius 1 is 1.24 bits per heavy atom. The van der Waals surface area contributed by atoms with Crippen molar-refractivity contribution in [2.75, 3.05) is 38.6 Å². The summed E-state index contributed by atoms with van der Waals surface area (Å²) in [7, 11) is -0.556. The number of fused-ring (bicyclic) bond motifs is 1. The first kappa shape index (κ1) is 24.8. The van der Waals surface area contributed by atoms with Gasteiger partial charge in [0.2, 0.25) is 0 Å². The van der Waals surface area contributed by atoms with E-state index in [-0.39, 0.29) is 40.7 Å². The molecule has 0 bridgehead atoms. The van der Waals surface area contributed by atoms with E-state index in [0.717, 1.165) is 0 Å². The predicted molar refractivity (Wildman–Crippen MR) is 125 cm³/mol. The van der Waals surface area contributed by atoms with Gasteiger partial charge < -0.3 is 24.8 Å². The highest BCUT2D eigenvalue weighted by molar-refractivity contribution is 7.92. The van der Waals surface area contributed by atoms with E-state index in [9.17, 15) is 18.3 Å². The monoisotopic (exact) mass is 477 g/mol. The maximum absolute atomic E-state index is 13.4. The first-order chi connectivity index (χ1) is 15.7. The van der Waals surface area contributed by atoms with Gasteiger partial charge >= 0.3 is 0 Å². The fourth-order valence-corrected chi connectivity index (χ4v) is 4.75. The molecule has 10 heteroatoms. The van der Waals surface area contributed by atoms with Crippen molar-refractivity contribution in [3.05, 3.63) is 48.0 Å². The van der Waals surface area contributed by atoms with Crippen molar-refractivity contribution in [2.24, 2.45) is 5.92 Å². The minimum absolute atomic E-state index is 0.0109. The van der Waals surface area contributed by atoms with E-state index in [4.69, 9.17) is 9.47 Å². The largest absolute Gasteiger partial charge is 0.497 e. The highest BCUT2D eigenvalue weighted by Crippen LogP contribution is 2.31. The van der Waals surface area contributed by atoms with Crippen LogP contribution in [0.25, 0.3) is 0 Å². The van der Waals surface area contributed by atoms with Gasteiger partial charge in [0.25, 0.3) is 15.9 Å². The molecule has 1 heterocycles. The van der Waals surface area contributed by atoms with Crippen LogP contribution in [-0.4, -0.2) is 70.3 Å². The van der Waals surface area contributed by atoms with Crippen molar-refractivity contribution in [2.45, 2.75) is 30.9 Å². The van der Waals surface area contributed by atoms with Crippen molar-refractivity contribution < 1.29 is 27.8 Å². The predicted octanol–water partition coefficient (Wildman–Crippen LogP) is 1.94. The summed E-state index contributed by atoms with van der Waals surface area (Å²) in [4.78, 5) is 15.1. The summed E-state index contributed by atoms with van der Waals surface area (Å²) in [6.45, 7) is 4.55. The summed E-state index contributed by atoms with van der Waals surface area (Å²) in [5.74, 6) is 0.596. The summed E-state index contributed by atoms with van der Waals surface area (Å²) in [6.07, 6.45) is -0.211. The molecule has 3 atom stereocenters. The lowest BCUT2D eigenvalue weighted by molar-refractivity contribution is 0.0416. The zero-order valence-corrected chi connectivity index (χ0v) is 20.1. The standard InChI is InChI=1S/C23H31N3O6S/c1-15-13-26(16(2)14-27)23(28)20-11-17(5-10-21(20)32-22(15)12-24-3)25-33(29,30)19-8-6-18(31-4)7-9-19/h5-11,15-16,22,24-25,27H,12-14H2,1-4H3/t15-,16+,22-/m1/s1. The first-order valence-corrected chi connectivity index (χ1v) is 12.2. The van der Waals surface area contributed by atoms with Crippen molar-refractivity contribution in [3.63, 3.8) is 0 Å². The zero-order chi connectivity index (χ0) is 24.2. The van der Waals surface area contributed by atoms with Crippen molar-refractivity contribution in [1.29, 1.82) is 0 Å². The molecule has 3 N–H and O–H groups in total. The summed E-state index contributed by atoms with van der Waals surface area (Å²) in [6, 6.07) is 10.2. The van der Waals surface area contributed by atoms with Crippen LogP contribution in [0.1, 0.15) is 24.2 Å². The van der Waals surface area contributed by atoms with Crippen molar-refractivity contribution in [3.8, 4) is 11.5 Å². The van der Waals surface area contributed by atoms with Gasteiger partial charge in [-0.2, -0.15) is 0 Å². The number of benzene rings is 2. The number of amides is 1. The van der Waals surface area contributed by atoms with Crippen LogP contribution in [0.4, 0.5) is 5.69 Å². The first-order valence-electron chi connectivity index (χ1n) is 10.7. The second kappa shape index (κ2) is 10.4. The number of nitrogens with one attached hydrogen (secondary N) is 2. The molecule has 2 aromatic carbocycles. The average Bonchev–Trinajstić information content (AvgIpc) is 2.81. The molecular formula is C23H31N3O6S. The number of aliphatic hydroxyl groups excluding tert-OH is 1. The van der Waals surface area contributed by atoms with Gasteiger partial charge in [0, 0.05) is 24.7 Å². The Balaban J connectivity index is 1.97. The molecule has 0 aromatic heterocycles. The summed E-state index contributed by atoms with van der Waals surface area (Å²) >= 11 is 0. The average molecular weight is 478 g/mol. The number of hydrogen-bond acceptors (Lipinski definition) is 7. The second-order valence-electron chi connectivity index (χ2n) is 8.17. The van der Waals surface area contributed by atoms with Gasteiger partial charge in [-0.1, -0.05) is 6.92 Å². The van der Waals surface area contributed by atoms with E-state index in [1.807, 2.05) is 14.0 Å². The van der Waals surface area contributed by atoms with E-state index in [0.29, 0.717) is 24.6 Å². The number of likely N-dealkylation sites (N-methyl/N-ethyl adjacent to an activating group) is 1.